The van der Waals surface area contributed by atoms with Gasteiger partial charge in [-0.3, -0.25) is 0 Å². The topological polar surface area (TPSA) is 98.7 Å². The number of carboxylic acids is 1. The maximum Gasteiger partial charge on any atom is 0.407 e. The molecule has 0 radical (unpaired) electrons. The summed E-state index contributed by atoms with van der Waals surface area (Å²) >= 11 is 0. The van der Waals surface area contributed by atoms with Gasteiger partial charge in [0.05, 0.1) is 12.5 Å². The zero-order valence-corrected chi connectivity index (χ0v) is 12.8. The summed E-state index contributed by atoms with van der Waals surface area (Å²) < 4.78 is 5.20. The number of aliphatic carboxylic acids is 1. The van der Waals surface area contributed by atoms with E-state index in [-0.39, 0.29) is 12.5 Å². The minimum absolute atomic E-state index is 0.0748. The number of carbonyl (C=O) groups excluding carboxylic acids is 2. The van der Waals surface area contributed by atoms with Crippen LogP contribution in [0.1, 0.15) is 17.0 Å². The number of fused-ring (bicyclic) bond motifs is 3. The lowest BCUT2D eigenvalue weighted by molar-refractivity contribution is -0.314. The van der Waals surface area contributed by atoms with E-state index in [0.29, 0.717) is 0 Å². The molecule has 3 rings (SSSR count). The molecule has 0 fully saturated rings. The van der Waals surface area contributed by atoms with Gasteiger partial charge >= 0.3 is 6.09 Å². The number of aliphatic hydroxyl groups excluding tert-OH is 1. The van der Waals surface area contributed by atoms with Crippen molar-refractivity contribution in [1.29, 1.82) is 0 Å². The second-order valence-corrected chi connectivity index (χ2v) is 5.54. The monoisotopic (exact) mass is 326 g/mol. The Morgan fingerprint density at radius 1 is 1.08 bits per heavy atom. The molecule has 0 aliphatic heterocycles. The lowest BCUT2D eigenvalue weighted by Crippen LogP contribution is -2.43. The molecule has 2 N–H and O–H groups in total. The van der Waals surface area contributed by atoms with Gasteiger partial charge in [0.25, 0.3) is 0 Å². The second-order valence-electron chi connectivity index (χ2n) is 5.54. The molecule has 6 nitrogen and oxygen atoms in total. The number of ether oxygens (including phenoxy) is 1. The number of aliphatic hydroxyl groups is 1. The average molecular weight is 326 g/mol. The van der Waals surface area contributed by atoms with Crippen LogP contribution >= 0.6 is 0 Å². The molecule has 0 saturated carbocycles. The van der Waals surface area contributed by atoms with Gasteiger partial charge in [0, 0.05) is 5.92 Å². The summed E-state index contributed by atoms with van der Waals surface area (Å²) in [4.78, 5) is 22.1. The highest BCUT2D eigenvalue weighted by Gasteiger charge is 2.28. The smallest absolute Gasteiger partial charge is 0.407 e. The predicted octanol–water partition coefficient (Wildman–Crippen LogP) is 0.636. The standard InChI is InChI=1S/C18H17NO5/c20-16(17(21)22)9-19-18(23)24-10-15-13-7-3-1-5-11(13)12-6-2-4-8-14(12)15/h1-8,15-16,20H,9-10H2,(H,19,23)(H,21,22)/p-1/t16-/m1/s1. The van der Waals surface area contributed by atoms with Crippen molar-refractivity contribution in [1.82, 2.24) is 5.32 Å². The molecule has 2 aromatic carbocycles. The lowest BCUT2D eigenvalue weighted by atomic mass is 9.98. The van der Waals surface area contributed by atoms with Crippen molar-refractivity contribution in [3.63, 3.8) is 0 Å². The largest absolute Gasteiger partial charge is 0.547 e. The molecule has 0 aromatic heterocycles. The molecule has 24 heavy (non-hydrogen) atoms. The van der Waals surface area contributed by atoms with Crippen LogP contribution < -0.4 is 10.4 Å². The number of rotatable bonds is 5. The molecule has 1 amide bonds. The number of hydrogen-bond donors (Lipinski definition) is 2. The van der Waals surface area contributed by atoms with E-state index in [1.807, 2.05) is 48.5 Å². The van der Waals surface area contributed by atoms with Crippen molar-refractivity contribution in [2.24, 2.45) is 0 Å². The van der Waals surface area contributed by atoms with Gasteiger partial charge in [0.15, 0.2) is 0 Å². The Labute approximate surface area is 138 Å². The Morgan fingerprint density at radius 3 is 2.17 bits per heavy atom. The Kier molecular flexibility index (Phi) is 4.48. The van der Waals surface area contributed by atoms with Gasteiger partial charge in [-0.2, -0.15) is 0 Å². The van der Waals surface area contributed by atoms with Gasteiger partial charge < -0.3 is 25.1 Å². The van der Waals surface area contributed by atoms with Crippen LogP contribution in [0.2, 0.25) is 0 Å². The third kappa shape index (κ3) is 3.09. The molecule has 124 valence electrons. The zero-order chi connectivity index (χ0) is 17.1. The minimum Gasteiger partial charge on any atom is -0.547 e. The predicted molar refractivity (Wildman–Crippen MR) is 84.1 cm³/mol. The normalized spacial score (nSPS) is 13.7. The highest BCUT2D eigenvalue weighted by atomic mass is 16.5. The molecule has 1 aliphatic carbocycles. The first-order chi connectivity index (χ1) is 11.6. The van der Waals surface area contributed by atoms with Crippen LogP contribution in [0.4, 0.5) is 4.79 Å². The maximum absolute atomic E-state index is 11.7. The Balaban J connectivity index is 1.67. The third-order valence-corrected chi connectivity index (χ3v) is 4.06. The Morgan fingerprint density at radius 2 is 1.62 bits per heavy atom. The number of hydrogen-bond acceptors (Lipinski definition) is 5. The van der Waals surface area contributed by atoms with E-state index in [9.17, 15) is 14.7 Å². The van der Waals surface area contributed by atoms with E-state index in [1.54, 1.807) is 0 Å². The van der Waals surface area contributed by atoms with Crippen molar-refractivity contribution in [3.05, 3.63) is 59.7 Å². The van der Waals surface area contributed by atoms with Crippen molar-refractivity contribution < 1.29 is 24.5 Å². The number of nitrogens with one attached hydrogen (secondary N) is 1. The highest BCUT2D eigenvalue weighted by molar-refractivity contribution is 5.79. The van der Waals surface area contributed by atoms with Crippen LogP contribution in [-0.4, -0.2) is 36.4 Å². The van der Waals surface area contributed by atoms with Crippen molar-refractivity contribution in [2.45, 2.75) is 12.0 Å². The summed E-state index contributed by atoms with van der Waals surface area (Å²) in [6.07, 6.45) is -2.54. The fourth-order valence-corrected chi connectivity index (χ4v) is 2.91. The first-order valence-electron chi connectivity index (χ1n) is 7.55. The Hall–Kier alpha value is -2.86. The maximum atomic E-state index is 11.7. The van der Waals surface area contributed by atoms with Crippen LogP contribution in [0.3, 0.4) is 0 Å². The molecule has 0 heterocycles. The third-order valence-electron chi connectivity index (χ3n) is 4.06. The van der Waals surface area contributed by atoms with Gasteiger partial charge in [-0.25, -0.2) is 4.79 Å². The van der Waals surface area contributed by atoms with Crippen LogP contribution in [0.15, 0.2) is 48.5 Å². The molecule has 0 unspecified atom stereocenters. The summed E-state index contributed by atoms with van der Waals surface area (Å²) in [5.41, 5.74) is 4.41. The Bertz CT molecular complexity index is 728. The molecular formula is C18H16NO5-. The quantitative estimate of drug-likeness (QED) is 0.840. The summed E-state index contributed by atoms with van der Waals surface area (Å²) in [6, 6.07) is 15.9. The first-order valence-corrected chi connectivity index (χ1v) is 7.55. The number of carbonyl (C=O) groups is 2. The van der Waals surface area contributed by atoms with E-state index in [2.05, 4.69) is 5.32 Å². The molecule has 0 spiro atoms. The van der Waals surface area contributed by atoms with E-state index >= 15 is 0 Å². The second kappa shape index (κ2) is 6.72. The number of carboxylic acid groups (broad SMARTS) is 1. The van der Waals surface area contributed by atoms with Crippen molar-refractivity contribution in [3.8, 4) is 11.1 Å². The molecule has 1 aliphatic rings. The number of benzene rings is 2. The zero-order valence-electron chi connectivity index (χ0n) is 12.8. The van der Waals surface area contributed by atoms with Crippen molar-refractivity contribution in [2.75, 3.05) is 13.2 Å². The van der Waals surface area contributed by atoms with Crippen LogP contribution in [0.5, 0.6) is 0 Å². The minimum atomic E-state index is -1.76. The molecule has 0 saturated heterocycles. The number of alkyl carbamates (subject to hydrolysis) is 1. The molecule has 1 atom stereocenters. The van der Waals surface area contributed by atoms with E-state index in [4.69, 9.17) is 9.84 Å². The van der Waals surface area contributed by atoms with Gasteiger partial charge in [0.1, 0.15) is 12.7 Å². The van der Waals surface area contributed by atoms with E-state index < -0.39 is 24.7 Å². The van der Waals surface area contributed by atoms with Crippen molar-refractivity contribution >= 4 is 12.1 Å². The fourth-order valence-electron chi connectivity index (χ4n) is 2.91. The van der Waals surface area contributed by atoms with Crippen LogP contribution in [-0.2, 0) is 9.53 Å². The van der Waals surface area contributed by atoms with Crippen LogP contribution in [0, 0.1) is 0 Å². The van der Waals surface area contributed by atoms with Gasteiger partial charge in [-0.15, -0.1) is 0 Å². The van der Waals surface area contributed by atoms with Gasteiger partial charge in [0.2, 0.25) is 0 Å². The fraction of sp³-hybridized carbons (Fsp3) is 0.222. The summed E-state index contributed by atoms with van der Waals surface area (Å²) in [5.74, 6) is -1.72. The molecule has 2 aromatic rings. The van der Waals surface area contributed by atoms with E-state index in [1.165, 1.54) is 0 Å². The SMILES string of the molecule is O=C(NC[C@@H](O)C(=O)[O-])OCC1c2ccccc2-c2ccccc21. The summed E-state index contributed by atoms with van der Waals surface area (Å²) in [5, 5.41) is 21.7. The van der Waals surface area contributed by atoms with Gasteiger partial charge in [-0.1, -0.05) is 48.5 Å². The summed E-state index contributed by atoms with van der Waals surface area (Å²) in [7, 11) is 0. The van der Waals surface area contributed by atoms with E-state index in [0.717, 1.165) is 22.3 Å². The highest BCUT2D eigenvalue weighted by Crippen LogP contribution is 2.44. The van der Waals surface area contributed by atoms with Crippen LogP contribution in [0.25, 0.3) is 11.1 Å². The summed E-state index contributed by atoms with van der Waals surface area (Å²) in [6.45, 7) is -0.333. The average Bonchev–Trinajstić information content (AvgIpc) is 2.92. The number of amides is 1. The van der Waals surface area contributed by atoms with Gasteiger partial charge in [-0.05, 0) is 22.3 Å². The lowest BCUT2D eigenvalue weighted by Gasteiger charge is -2.16. The first kappa shape index (κ1) is 16.0. The molecule has 0 bridgehead atoms. The molecular weight excluding hydrogens is 310 g/mol. The molecule has 6 heteroatoms.